The molecule has 0 heterocycles. The lowest BCUT2D eigenvalue weighted by molar-refractivity contribution is -0.120. The predicted molar refractivity (Wildman–Crippen MR) is 101 cm³/mol. The number of hydrogen-bond donors (Lipinski definition) is 0. The van der Waals surface area contributed by atoms with Crippen LogP contribution in [0.4, 0.5) is 0 Å². The fraction of sp³-hybridized carbons (Fsp3) is 0.400. The maximum Gasteiger partial charge on any atom is 0.164 e. The zero-order valence-electron chi connectivity index (χ0n) is 15.0. The summed E-state index contributed by atoms with van der Waals surface area (Å²) >= 11 is 0. The Morgan fingerprint density at radius 1 is 0.833 bits per heavy atom. The molecule has 0 aliphatic heterocycles. The van der Waals surface area contributed by atoms with Gasteiger partial charge in [-0.1, -0.05) is 48.5 Å². The molecule has 0 saturated heterocycles. The first-order valence-corrected chi connectivity index (χ1v) is 10.4. The van der Waals surface area contributed by atoms with Gasteiger partial charge in [-0.15, -0.1) is 0 Å². The fourth-order valence-corrected chi connectivity index (χ4v) is 6.22. The second kappa shape index (κ2) is 8.62. The predicted octanol–water partition coefficient (Wildman–Crippen LogP) is 4.02. The van der Waals surface area contributed by atoms with E-state index in [0.717, 1.165) is 21.7 Å². The number of ether oxygens (including phenoxy) is 2. The van der Waals surface area contributed by atoms with Gasteiger partial charge >= 0.3 is 0 Å². The van der Waals surface area contributed by atoms with E-state index in [0.29, 0.717) is 19.4 Å². The largest absolute Gasteiger partial charge is 0.352 e. The van der Waals surface area contributed by atoms with Crippen LogP contribution in [0.25, 0.3) is 0 Å². The van der Waals surface area contributed by atoms with Gasteiger partial charge in [-0.05, 0) is 38.8 Å². The standard InChI is InChI=1S/C20H27O3P/c1-5-22-20(23-6-2)15-24(21,18-13-9-7-11-16(18)3)19-14-10-8-12-17(19)4/h7-14,20H,5-6,15H2,1-4H3. The highest BCUT2D eigenvalue weighted by Gasteiger charge is 2.33. The molecule has 0 aliphatic rings. The minimum Gasteiger partial charge on any atom is -0.352 e. The summed E-state index contributed by atoms with van der Waals surface area (Å²) in [4.78, 5) is 0. The van der Waals surface area contributed by atoms with E-state index in [1.54, 1.807) is 0 Å². The van der Waals surface area contributed by atoms with Gasteiger partial charge in [0, 0.05) is 23.8 Å². The van der Waals surface area contributed by atoms with Crippen LogP contribution in [-0.4, -0.2) is 25.7 Å². The normalized spacial score (nSPS) is 11.9. The highest BCUT2D eigenvalue weighted by molar-refractivity contribution is 7.78. The van der Waals surface area contributed by atoms with Crippen LogP contribution < -0.4 is 10.6 Å². The third-order valence-electron chi connectivity index (χ3n) is 4.12. The Hall–Kier alpha value is -1.41. The van der Waals surface area contributed by atoms with Crippen molar-refractivity contribution < 1.29 is 14.0 Å². The summed E-state index contributed by atoms with van der Waals surface area (Å²) < 4.78 is 25.7. The second-order valence-corrected chi connectivity index (χ2v) is 8.64. The van der Waals surface area contributed by atoms with Gasteiger partial charge in [-0.25, -0.2) is 0 Å². The van der Waals surface area contributed by atoms with Crippen molar-refractivity contribution in [1.29, 1.82) is 0 Å². The first-order valence-electron chi connectivity index (χ1n) is 8.47. The van der Waals surface area contributed by atoms with E-state index in [-0.39, 0.29) is 0 Å². The monoisotopic (exact) mass is 346 g/mol. The molecule has 0 radical (unpaired) electrons. The zero-order valence-corrected chi connectivity index (χ0v) is 15.9. The van der Waals surface area contributed by atoms with Gasteiger partial charge in [0.1, 0.15) is 7.14 Å². The van der Waals surface area contributed by atoms with Crippen molar-refractivity contribution in [1.82, 2.24) is 0 Å². The minimum absolute atomic E-state index is 0.352. The number of hydrogen-bond acceptors (Lipinski definition) is 3. The molecule has 3 nitrogen and oxygen atoms in total. The Bertz CT molecular complexity index is 656. The van der Waals surface area contributed by atoms with E-state index in [4.69, 9.17) is 9.47 Å². The van der Waals surface area contributed by atoms with Gasteiger partial charge in [0.05, 0.1) is 6.16 Å². The van der Waals surface area contributed by atoms with Crippen LogP contribution in [0.3, 0.4) is 0 Å². The van der Waals surface area contributed by atoms with E-state index in [1.807, 2.05) is 76.2 Å². The summed E-state index contributed by atoms with van der Waals surface area (Å²) in [5, 5.41) is 1.78. The Morgan fingerprint density at radius 3 is 1.62 bits per heavy atom. The molecule has 0 unspecified atom stereocenters. The van der Waals surface area contributed by atoms with Gasteiger partial charge in [-0.3, -0.25) is 0 Å². The van der Waals surface area contributed by atoms with Crippen molar-refractivity contribution in [3.63, 3.8) is 0 Å². The molecule has 130 valence electrons. The lowest BCUT2D eigenvalue weighted by atomic mass is 10.2. The molecule has 2 aromatic carbocycles. The molecule has 0 atom stereocenters. The van der Waals surface area contributed by atoms with Crippen molar-refractivity contribution in [2.45, 2.75) is 34.0 Å². The highest BCUT2D eigenvalue weighted by Crippen LogP contribution is 2.46. The number of aryl methyl sites for hydroxylation is 2. The molecule has 0 fully saturated rings. The smallest absolute Gasteiger partial charge is 0.164 e. The molecule has 0 spiro atoms. The third-order valence-corrected chi connectivity index (χ3v) is 7.49. The second-order valence-electron chi connectivity index (χ2n) is 5.84. The highest BCUT2D eigenvalue weighted by atomic mass is 31.2. The summed E-state index contributed by atoms with van der Waals surface area (Å²) in [5.41, 5.74) is 2.08. The van der Waals surface area contributed by atoms with Gasteiger partial charge in [-0.2, -0.15) is 0 Å². The maximum absolute atomic E-state index is 14.3. The van der Waals surface area contributed by atoms with Crippen molar-refractivity contribution in [3.05, 3.63) is 59.7 Å². The molecule has 0 saturated carbocycles. The van der Waals surface area contributed by atoms with Crippen LogP contribution in [0, 0.1) is 13.8 Å². The molecule has 0 amide bonds. The average Bonchev–Trinajstić information content (AvgIpc) is 2.56. The van der Waals surface area contributed by atoms with Crippen molar-refractivity contribution >= 4 is 17.8 Å². The van der Waals surface area contributed by atoms with E-state index in [2.05, 4.69) is 0 Å². The van der Waals surface area contributed by atoms with Crippen LogP contribution >= 0.6 is 7.14 Å². The quantitative estimate of drug-likeness (QED) is 0.535. The van der Waals surface area contributed by atoms with Crippen LogP contribution in [0.15, 0.2) is 48.5 Å². The summed E-state index contributed by atoms with van der Waals surface area (Å²) in [6, 6.07) is 15.8. The molecule has 2 aromatic rings. The van der Waals surface area contributed by atoms with Crippen LogP contribution in [-0.2, 0) is 14.0 Å². The lowest BCUT2D eigenvalue weighted by Gasteiger charge is -2.27. The van der Waals surface area contributed by atoms with Gasteiger partial charge in [0.25, 0.3) is 0 Å². The van der Waals surface area contributed by atoms with E-state index in [9.17, 15) is 4.57 Å². The van der Waals surface area contributed by atoms with Gasteiger partial charge in [0.2, 0.25) is 0 Å². The summed E-state index contributed by atoms with van der Waals surface area (Å²) in [6.07, 6.45) is -0.116. The minimum atomic E-state index is -2.86. The first-order chi connectivity index (χ1) is 11.5. The molecule has 2 rings (SSSR count). The molecular formula is C20H27O3P. The molecule has 0 aromatic heterocycles. The molecular weight excluding hydrogens is 319 g/mol. The van der Waals surface area contributed by atoms with Crippen LogP contribution in [0.5, 0.6) is 0 Å². The summed E-state index contributed by atoms with van der Waals surface area (Å²) in [7, 11) is -2.86. The van der Waals surface area contributed by atoms with E-state index < -0.39 is 13.4 Å². The molecule has 4 heteroatoms. The average molecular weight is 346 g/mol. The van der Waals surface area contributed by atoms with Crippen molar-refractivity contribution in [2.75, 3.05) is 19.4 Å². The molecule has 0 aliphatic carbocycles. The number of rotatable bonds is 8. The van der Waals surface area contributed by atoms with Crippen LogP contribution in [0.2, 0.25) is 0 Å². The SMILES string of the molecule is CCOC(CP(=O)(c1ccccc1C)c1ccccc1C)OCC. The Kier molecular flexibility index (Phi) is 6.79. The molecule has 0 bridgehead atoms. The van der Waals surface area contributed by atoms with Gasteiger partial charge < -0.3 is 14.0 Å². The number of benzene rings is 2. The van der Waals surface area contributed by atoms with Crippen molar-refractivity contribution in [2.24, 2.45) is 0 Å². The summed E-state index contributed by atoms with van der Waals surface area (Å²) in [6.45, 7) is 8.95. The third kappa shape index (κ3) is 4.16. The zero-order chi connectivity index (χ0) is 17.6. The Morgan fingerprint density at radius 2 is 1.25 bits per heavy atom. The summed E-state index contributed by atoms with van der Waals surface area (Å²) in [5.74, 6) is 0. The molecule has 24 heavy (non-hydrogen) atoms. The fourth-order valence-electron chi connectivity index (χ4n) is 3.00. The lowest BCUT2D eigenvalue weighted by Crippen LogP contribution is -2.30. The maximum atomic E-state index is 14.3. The van der Waals surface area contributed by atoms with Crippen LogP contribution in [0.1, 0.15) is 25.0 Å². The topological polar surface area (TPSA) is 35.5 Å². The van der Waals surface area contributed by atoms with E-state index >= 15 is 0 Å². The molecule has 0 N–H and O–H groups in total. The Balaban J connectivity index is 2.56. The van der Waals surface area contributed by atoms with Crippen molar-refractivity contribution in [3.8, 4) is 0 Å². The van der Waals surface area contributed by atoms with E-state index in [1.165, 1.54) is 0 Å². The first kappa shape index (κ1) is 18.9. The van der Waals surface area contributed by atoms with Gasteiger partial charge in [0.15, 0.2) is 6.29 Å². The Labute approximate surface area is 145 Å².